The maximum atomic E-state index is 12.1. The molecule has 3 atom stereocenters. The number of hydrogen-bond acceptors (Lipinski definition) is 7. The minimum Gasteiger partial charge on any atom is -0.368 e. The number of carbonyl (C=O) groups excluding carboxylic acids is 2. The van der Waals surface area contributed by atoms with Gasteiger partial charge >= 0.3 is 0 Å². The Hall–Kier alpha value is -3.12. The van der Waals surface area contributed by atoms with E-state index in [4.69, 9.17) is 17.0 Å². The Bertz CT molecular complexity index is 587. The van der Waals surface area contributed by atoms with Crippen molar-refractivity contribution in [3.05, 3.63) is 20.6 Å². The highest BCUT2D eigenvalue weighted by Gasteiger charge is 2.30. The number of primary amides is 1. The van der Waals surface area contributed by atoms with Crippen molar-refractivity contribution in [2.24, 2.45) is 21.6 Å². The lowest BCUT2D eigenvalue weighted by Crippen LogP contribution is -2.50. The molecule has 0 aromatic heterocycles. The fourth-order valence-corrected chi connectivity index (χ4v) is 2.26. The van der Waals surface area contributed by atoms with Crippen LogP contribution in [0.3, 0.4) is 0 Å². The number of nitrogens with two attached hydrogens (primary N) is 2. The molecule has 1 aliphatic heterocycles. The van der Waals surface area contributed by atoms with E-state index in [1.54, 1.807) is 5.43 Å². The van der Waals surface area contributed by atoms with E-state index in [9.17, 15) is 19.7 Å². The highest BCUT2D eigenvalue weighted by Crippen LogP contribution is 2.11. The average Bonchev–Trinajstić information content (AvgIpc) is 2.98. The van der Waals surface area contributed by atoms with Gasteiger partial charge in [-0.25, -0.2) is 15.1 Å². The fourth-order valence-electron chi connectivity index (χ4n) is 2.26. The molecule has 0 saturated carbocycles. The molecule has 1 heterocycles. The maximum Gasteiger partial charge on any atom is 0.251 e. The third kappa shape index (κ3) is 7.32. The van der Waals surface area contributed by atoms with Gasteiger partial charge in [0.15, 0.2) is 5.03 Å². The van der Waals surface area contributed by atoms with Gasteiger partial charge < -0.3 is 22.1 Å². The van der Waals surface area contributed by atoms with Crippen molar-refractivity contribution in [3.8, 4) is 0 Å². The monoisotopic (exact) mass is 356 g/mol. The summed E-state index contributed by atoms with van der Waals surface area (Å²) in [6, 6.07) is -1.80. The molecule has 1 saturated heterocycles. The number of hydrogen-bond donors (Lipinski definition) is 5. The summed E-state index contributed by atoms with van der Waals surface area (Å²) in [6.45, 7) is 0.494. The molecule has 25 heavy (non-hydrogen) atoms. The molecule has 0 bridgehead atoms. The summed E-state index contributed by atoms with van der Waals surface area (Å²) in [5.41, 5.74) is 20.6. The number of aliphatic imine (C=N–C) groups is 1. The van der Waals surface area contributed by atoms with Crippen molar-refractivity contribution < 1.29 is 14.6 Å². The molecule has 2 amide bonds. The maximum absolute atomic E-state index is 12.1. The van der Waals surface area contributed by atoms with E-state index < -0.39 is 28.9 Å². The number of guanidine groups is 1. The normalized spacial score (nSPS) is 21.0. The number of nitrogens with one attached hydrogen (secondary N) is 3. The molecular weight excluding hydrogens is 336 g/mol. The second-order valence-corrected chi connectivity index (χ2v) is 5.30. The molecular formula is C11H20N10O4. The number of azide groups is 1. The summed E-state index contributed by atoms with van der Waals surface area (Å²) in [5, 5.41) is 18.3. The highest BCUT2D eigenvalue weighted by atomic mass is 16.7. The number of amides is 2. The van der Waals surface area contributed by atoms with Gasteiger partial charge in [0.05, 0.1) is 12.1 Å². The minimum absolute atomic E-state index is 0.118. The van der Waals surface area contributed by atoms with Crippen LogP contribution in [0.5, 0.6) is 0 Å². The minimum atomic E-state index is -0.910. The molecule has 7 N–H and O–H groups in total. The van der Waals surface area contributed by atoms with Crippen molar-refractivity contribution >= 4 is 17.8 Å². The first kappa shape index (κ1) is 19.9. The van der Waals surface area contributed by atoms with Gasteiger partial charge in [-0.05, 0) is 24.8 Å². The van der Waals surface area contributed by atoms with Crippen LogP contribution in [0.1, 0.15) is 19.3 Å². The van der Waals surface area contributed by atoms with Crippen LogP contribution in [0, 0.1) is 10.1 Å². The lowest BCUT2D eigenvalue weighted by molar-refractivity contribution is -0.525. The SMILES string of the molecule is [N-]=[N+]=NC1CN[C@@H](C(=O)N[C@H](CCCN=C(N)N[N+](=O)[O-])C(N)=O)C1. The zero-order chi connectivity index (χ0) is 18.8. The van der Waals surface area contributed by atoms with Crippen LogP contribution in [-0.2, 0) is 9.59 Å². The van der Waals surface area contributed by atoms with E-state index in [0.717, 1.165) is 0 Å². The van der Waals surface area contributed by atoms with Crippen molar-refractivity contribution in [3.63, 3.8) is 0 Å². The Morgan fingerprint density at radius 2 is 2.20 bits per heavy atom. The zero-order valence-electron chi connectivity index (χ0n) is 13.3. The Labute approximate surface area is 142 Å². The summed E-state index contributed by atoms with van der Waals surface area (Å²) in [7, 11) is 0. The van der Waals surface area contributed by atoms with E-state index in [1.807, 2.05) is 0 Å². The number of rotatable bonds is 9. The van der Waals surface area contributed by atoms with Crippen LogP contribution in [0.25, 0.3) is 10.4 Å². The molecule has 0 aromatic carbocycles. The number of nitro groups is 1. The first-order chi connectivity index (χ1) is 11.8. The second-order valence-electron chi connectivity index (χ2n) is 5.30. The summed E-state index contributed by atoms with van der Waals surface area (Å²) in [5.74, 6) is -1.49. The van der Waals surface area contributed by atoms with Crippen LogP contribution < -0.4 is 27.5 Å². The molecule has 14 heteroatoms. The molecule has 1 unspecified atom stereocenters. The topological polar surface area (TPSA) is 227 Å². The van der Waals surface area contributed by atoms with Crippen LogP contribution in [0.15, 0.2) is 10.1 Å². The van der Waals surface area contributed by atoms with Crippen molar-refractivity contribution in [1.29, 1.82) is 0 Å². The lowest BCUT2D eigenvalue weighted by Gasteiger charge is -2.18. The van der Waals surface area contributed by atoms with E-state index in [2.05, 4.69) is 25.7 Å². The predicted octanol–water partition coefficient (Wildman–Crippen LogP) is -2.13. The first-order valence-corrected chi connectivity index (χ1v) is 7.41. The molecule has 14 nitrogen and oxygen atoms in total. The molecule has 0 aromatic rings. The van der Waals surface area contributed by atoms with Crippen molar-refractivity contribution in [1.82, 2.24) is 16.1 Å². The molecule has 1 fully saturated rings. The Kier molecular flexibility index (Phi) is 7.89. The van der Waals surface area contributed by atoms with E-state index in [-0.39, 0.29) is 25.0 Å². The van der Waals surface area contributed by atoms with Crippen LogP contribution in [-0.4, -0.2) is 54.0 Å². The summed E-state index contributed by atoms with van der Waals surface area (Å²) >= 11 is 0. The third-order valence-electron chi connectivity index (χ3n) is 3.44. The van der Waals surface area contributed by atoms with Crippen LogP contribution >= 0.6 is 0 Å². The van der Waals surface area contributed by atoms with Gasteiger partial charge in [-0.15, -0.1) is 0 Å². The average molecular weight is 356 g/mol. The quantitative estimate of drug-likeness (QED) is 0.0450. The molecule has 1 rings (SSSR count). The third-order valence-corrected chi connectivity index (χ3v) is 3.44. The highest BCUT2D eigenvalue weighted by molar-refractivity contribution is 5.89. The van der Waals surface area contributed by atoms with Gasteiger partial charge in [-0.3, -0.25) is 9.59 Å². The predicted molar refractivity (Wildman–Crippen MR) is 86.3 cm³/mol. The van der Waals surface area contributed by atoms with Gasteiger partial charge in [0.1, 0.15) is 6.04 Å². The largest absolute Gasteiger partial charge is 0.368 e. The summed E-state index contributed by atoms with van der Waals surface area (Å²) in [6.07, 6.45) is 0.852. The van der Waals surface area contributed by atoms with Gasteiger partial charge in [0, 0.05) is 18.0 Å². The molecule has 138 valence electrons. The van der Waals surface area contributed by atoms with Crippen molar-refractivity contribution in [2.75, 3.05) is 13.1 Å². The van der Waals surface area contributed by atoms with Crippen molar-refractivity contribution in [2.45, 2.75) is 37.4 Å². The van der Waals surface area contributed by atoms with Crippen LogP contribution in [0.4, 0.5) is 0 Å². The molecule has 0 radical (unpaired) electrons. The van der Waals surface area contributed by atoms with E-state index in [0.29, 0.717) is 19.4 Å². The zero-order valence-corrected chi connectivity index (χ0v) is 13.3. The number of hydrazine groups is 1. The Morgan fingerprint density at radius 3 is 2.80 bits per heavy atom. The first-order valence-electron chi connectivity index (χ1n) is 7.41. The van der Waals surface area contributed by atoms with Gasteiger partial charge in [-0.1, -0.05) is 10.5 Å². The smallest absolute Gasteiger partial charge is 0.251 e. The fraction of sp³-hybridized carbons (Fsp3) is 0.727. The number of carbonyl (C=O) groups is 2. The molecule has 0 spiro atoms. The summed E-state index contributed by atoms with van der Waals surface area (Å²) < 4.78 is 0. The number of nitrogens with zero attached hydrogens (tertiary/aromatic N) is 5. The van der Waals surface area contributed by atoms with Gasteiger partial charge in [-0.2, -0.15) is 0 Å². The van der Waals surface area contributed by atoms with Crippen LogP contribution in [0.2, 0.25) is 0 Å². The Balaban J connectivity index is 2.44. The van der Waals surface area contributed by atoms with Gasteiger partial charge in [0.25, 0.3) is 5.96 Å². The second kappa shape index (κ2) is 9.89. The van der Waals surface area contributed by atoms with E-state index >= 15 is 0 Å². The van der Waals surface area contributed by atoms with E-state index in [1.165, 1.54) is 0 Å². The summed E-state index contributed by atoms with van der Waals surface area (Å²) in [4.78, 5) is 40.1. The van der Waals surface area contributed by atoms with Gasteiger partial charge in [0.2, 0.25) is 11.8 Å². The molecule has 0 aliphatic carbocycles. The molecule has 1 aliphatic rings. The standard InChI is InChI=1S/C11H20N10O4/c12-9(22)7(2-1-3-15-11(13)19-21(24)25)17-10(23)8-4-6(5-16-8)18-20-14/h6-8,16H,1-5H2,(H2,12,22)(H,17,23)(H3,13,15,19)/t6?,7-,8-/m1/s1. The Morgan fingerprint density at radius 1 is 1.48 bits per heavy atom. The lowest BCUT2D eigenvalue weighted by atomic mass is 10.1.